The molecule has 0 aromatic carbocycles. The predicted octanol–water partition coefficient (Wildman–Crippen LogP) is 0.140. The number of rotatable bonds is 0. The van der Waals surface area contributed by atoms with Crippen LogP contribution < -0.4 is 0 Å². The summed E-state index contributed by atoms with van der Waals surface area (Å²) >= 11 is 0. The Balaban J connectivity index is 2.53. The molecule has 2 atom stereocenters. The molecular weight excluding hydrogens is 190 g/mol. The molecule has 1 amide bonds. The Hall–Kier alpha value is -0.580. The van der Waals surface area contributed by atoms with Crippen LogP contribution in [-0.2, 0) is 14.6 Å². The molecule has 2 aliphatic heterocycles. The zero-order chi connectivity index (χ0) is 10.0. The summed E-state index contributed by atoms with van der Waals surface area (Å²) in [5.41, 5.74) is 0. The highest BCUT2D eigenvalue weighted by atomic mass is 32.2. The molecule has 4 nitrogen and oxygen atoms in total. The number of β-lactam (4-membered cyclic amide) rings is 1. The molecule has 0 aromatic heterocycles. The minimum Gasteiger partial charge on any atom is -0.321 e. The zero-order valence-electron chi connectivity index (χ0n) is 7.94. The van der Waals surface area contributed by atoms with Crippen LogP contribution in [0.5, 0.6) is 0 Å². The van der Waals surface area contributed by atoms with Gasteiger partial charge in [0, 0.05) is 6.04 Å². The first-order valence-corrected chi connectivity index (χ1v) is 5.89. The summed E-state index contributed by atoms with van der Waals surface area (Å²) in [6.45, 7) is 5.19. The smallest absolute Gasteiger partial charge is 0.227 e. The van der Waals surface area contributed by atoms with Crippen molar-refractivity contribution in [2.75, 3.05) is 0 Å². The zero-order valence-corrected chi connectivity index (χ0v) is 8.76. The SMILES string of the molecule is CC1N2C(=O)C[C@H]2S(=O)(=O)C1(C)C. The van der Waals surface area contributed by atoms with Crippen LogP contribution in [-0.4, -0.2) is 35.4 Å². The van der Waals surface area contributed by atoms with Crippen molar-refractivity contribution in [3.8, 4) is 0 Å². The summed E-state index contributed by atoms with van der Waals surface area (Å²) in [6, 6.07) is -0.191. The molecule has 2 saturated heterocycles. The first-order valence-electron chi connectivity index (χ1n) is 4.35. The number of carbonyl (C=O) groups is 1. The highest BCUT2D eigenvalue weighted by Crippen LogP contribution is 2.45. The van der Waals surface area contributed by atoms with Crippen molar-refractivity contribution in [2.45, 2.75) is 43.4 Å². The lowest BCUT2D eigenvalue weighted by Crippen LogP contribution is -2.53. The van der Waals surface area contributed by atoms with Gasteiger partial charge in [-0.1, -0.05) is 0 Å². The highest BCUT2D eigenvalue weighted by Gasteiger charge is 2.63. The number of carbonyl (C=O) groups excluding carboxylic acids is 1. The lowest BCUT2D eigenvalue weighted by atomic mass is 10.0. The van der Waals surface area contributed by atoms with Crippen LogP contribution in [0.3, 0.4) is 0 Å². The number of nitrogens with zero attached hydrogens (tertiary/aromatic N) is 1. The summed E-state index contributed by atoms with van der Waals surface area (Å²) in [5, 5.41) is -0.537. The molecule has 0 bridgehead atoms. The van der Waals surface area contributed by atoms with Gasteiger partial charge < -0.3 is 4.90 Å². The van der Waals surface area contributed by atoms with Gasteiger partial charge in [0.2, 0.25) is 5.91 Å². The lowest BCUT2D eigenvalue weighted by Gasteiger charge is -2.35. The Bertz CT molecular complexity index is 371. The number of amides is 1. The van der Waals surface area contributed by atoms with Gasteiger partial charge in [0.05, 0.1) is 11.2 Å². The molecule has 74 valence electrons. The molecule has 0 saturated carbocycles. The van der Waals surface area contributed by atoms with Gasteiger partial charge in [-0.3, -0.25) is 4.79 Å². The monoisotopic (exact) mass is 203 g/mol. The summed E-state index contributed by atoms with van der Waals surface area (Å²) in [6.07, 6.45) is 0.177. The maximum Gasteiger partial charge on any atom is 0.227 e. The maximum absolute atomic E-state index is 11.8. The Morgan fingerprint density at radius 1 is 1.46 bits per heavy atom. The molecule has 2 rings (SSSR count). The number of sulfone groups is 1. The summed E-state index contributed by atoms with van der Waals surface area (Å²) < 4.78 is 22.9. The molecule has 2 heterocycles. The van der Waals surface area contributed by atoms with Crippen molar-refractivity contribution in [3.05, 3.63) is 0 Å². The van der Waals surface area contributed by atoms with E-state index in [9.17, 15) is 13.2 Å². The van der Waals surface area contributed by atoms with Crippen LogP contribution in [0.1, 0.15) is 27.2 Å². The van der Waals surface area contributed by atoms with E-state index >= 15 is 0 Å². The molecule has 0 N–H and O–H groups in total. The lowest BCUT2D eigenvalue weighted by molar-refractivity contribution is -0.143. The molecule has 1 unspecified atom stereocenters. The van der Waals surface area contributed by atoms with Gasteiger partial charge in [0.15, 0.2) is 9.84 Å². The van der Waals surface area contributed by atoms with Crippen LogP contribution in [0.15, 0.2) is 0 Å². The van der Waals surface area contributed by atoms with Crippen LogP contribution in [0.25, 0.3) is 0 Å². The van der Waals surface area contributed by atoms with E-state index in [0.29, 0.717) is 0 Å². The standard InChI is InChI=1S/C8H13NO3S/c1-5-8(2,3)13(11,12)7-4-6(10)9(5)7/h5,7H,4H2,1-3H3/t5?,7-/m1/s1. The van der Waals surface area contributed by atoms with E-state index in [4.69, 9.17) is 0 Å². The first-order chi connectivity index (χ1) is 5.80. The van der Waals surface area contributed by atoms with E-state index in [-0.39, 0.29) is 18.4 Å². The average molecular weight is 203 g/mol. The van der Waals surface area contributed by atoms with E-state index in [0.717, 1.165) is 0 Å². The van der Waals surface area contributed by atoms with Crippen molar-refractivity contribution < 1.29 is 13.2 Å². The van der Waals surface area contributed by atoms with Crippen molar-refractivity contribution in [3.63, 3.8) is 0 Å². The van der Waals surface area contributed by atoms with E-state index in [2.05, 4.69) is 0 Å². The third-order valence-corrected chi connectivity index (χ3v) is 6.38. The van der Waals surface area contributed by atoms with E-state index < -0.39 is 20.0 Å². The second kappa shape index (κ2) is 2.08. The van der Waals surface area contributed by atoms with Gasteiger partial charge in [-0.05, 0) is 20.8 Å². The third kappa shape index (κ3) is 0.764. The molecule has 13 heavy (non-hydrogen) atoms. The quantitative estimate of drug-likeness (QED) is 0.526. The van der Waals surface area contributed by atoms with Gasteiger partial charge in [0.1, 0.15) is 5.37 Å². The fourth-order valence-corrected chi connectivity index (χ4v) is 4.30. The Kier molecular flexibility index (Phi) is 1.44. The number of fused-ring (bicyclic) bond motifs is 1. The highest BCUT2D eigenvalue weighted by molar-refractivity contribution is 7.93. The molecule has 0 aliphatic carbocycles. The van der Waals surface area contributed by atoms with Crippen molar-refractivity contribution >= 4 is 15.7 Å². The van der Waals surface area contributed by atoms with Crippen LogP contribution in [0, 0.1) is 0 Å². The van der Waals surface area contributed by atoms with Crippen molar-refractivity contribution in [1.29, 1.82) is 0 Å². The maximum atomic E-state index is 11.8. The third-order valence-electron chi connectivity index (χ3n) is 3.46. The minimum atomic E-state index is -3.14. The molecule has 0 spiro atoms. The summed E-state index contributed by atoms with van der Waals surface area (Å²) in [5.74, 6) is -0.0355. The minimum absolute atomic E-state index is 0.0355. The first kappa shape index (κ1) is 8.99. The van der Waals surface area contributed by atoms with Crippen LogP contribution in [0.2, 0.25) is 0 Å². The Morgan fingerprint density at radius 3 is 2.31 bits per heavy atom. The van der Waals surface area contributed by atoms with Gasteiger partial charge in [-0.25, -0.2) is 8.42 Å². The number of hydrogen-bond donors (Lipinski definition) is 0. The normalized spacial score (nSPS) is 39.9. The molecule has 0 radical (unpaired) electrons. The fourth-order valence-electron chi connectivity index (χ4n) is 2.05. The van der Waals surface area contributed by atoms with Crippen LogP contribution in [0.4, 0.5) is 0 Å². The largest absolute Gasteiger partial charge is 0.321 e. The molecular formula is C8H13NO3S. The van der Waals surface area contributed by atoms with Crippen LogP contribution >= 0.6 is 0 Å². The molecule has 2 aliphatic rings. The second-order valence-electron chi connectivity index (χ2n) is 4.28. The van der Waals surface area contributed by atoms with Crippen molar-refractivity contribution in [1.82, 2.24) is 4.90 Å². The molecule has 2 fully saturated rings. The molecule has 0 aromatic rings. The van der Waals surface area contributed by atoms with Crippen molar-refractivity contribution in [2.24, 2.45) is 0 Å². The summed E-state index contributed by atoms with van der Waals surface area (Å²) in [7, 11) is -3.14. The van der Waals surface area contributed by atoms with E-state index in [1.807, 2.05) is 0 Å². The predicted molar refractivity (Wildman–Crippen MR) is 47.7 cm³/mol. The average Bonchev–Trinajstić information content (AvgIpc) is 2.07. The Labute approximate surface area is 77.8 Å². The molecule has 5 heteroatoms. The summed E-state index contributed by atoms with van der Waals surface area (Å²) in [4.78, 5) is 12.7. The van der Waals surface area contributed by atoms with E-state index in [1.54, 1.807) is 20.8 Å². The Morgan fingerprint density at radius 2 is 2.00 bits per heavy atom. The number of hydrogen-bond acceptors (Lipinski definition) is 3. The van der Waals surface area contributed by atoms with Gasteiger partial charge in [-0.2, -0.15) is 0 Å². The topological polar surface area (TPSA) is 54.5 Å². The van der Waals surface area contributed by atoms with E-state index in [1.165, 1.54) is 4.90 Å². The second-order valence-corrected chi connectivity index (χ2v) is 6.97. The van der Waals surface area contributed by atoms with Gasteiger partial charge in [0.25, 0.3) is 0 Å². The van der Waals surface area contributed by atoms with Gasteiger partial charge >= 0.3 is 0 Å². The fraction of sp³-hybridized carbons (Fsp3) is 0.875. The van der Waals surface area contributed by atoms with Gasteiger partial charge in [-0.15, -0.1) is 0 Å².